The molecule has 1 rings (SSSR count). The molecule has 3 heteroatoms. The van der Waals surface area contributed by atoms with Crippen molar-refractivity contribution in [3.05, 3.63) is 28.8 Å². The van der Waals surface area contributed by atoms with E-state index in [1.54, 1.807) is 0 Å². The van der Waals surface area contributed by atoms with Crippen molar-refractivity contribution in [3.63, 3.8) is 0 Å². The van der Waals surface area contributed by atoms with Crippen LogP contribution in [-0.4, -0.2) is 17.2 Å². The molecule has 0 aliphatic heterocycles. The molecule has 0 heterocycles. The Morgan fingerprint density at radius 3 is 1.78 bits per heavy atom. The Morgan fingerprint density at radius 2 is 1.48 bits per heavy atom. The lowest BCUT2D eigenvalue weighted by Gasteiger charge is -2.31. The summed E-state index contributed by atoms with van der Waals surface area (Å²) in [5.41, 5.74) is 3.24. The molecule has 0 bridgehead atoms. The van der Waals surface area contributed by atoms with Gasteiger partial charge in [-0.05, 0) is 36.7 Å². The third-order valence-corrected chi connectivity index (χ3v) is 3.75. The van der Waals surface area contributed by atoms with E-state index < -0.39 is 5.97 Å². The minimum Gasteiger partial charge on any atom is -0.490 e. The lowest BCUT2D eigenvalue weighted by atomic mass is 9.78. The summed E-state index contributed by atoms with van der Waals surface area (Å²) in [4.78, 5) is 10.9. The second-order valence-electron chi connectivity index (χ2n) is 8.58. The van der Waals surface area contributed by atoms with Gasteiger partial charge in [-0.25, -0.2) is 0 Å². The number of hydrogen-bond donors (Lipinski definition) is 1. The zero-order valence-corrected chi connectivity index (χ0v) is 15.9. The highest BCUT2D eigenvalue weighted by molar-refractivity contribution is 5.67. The van der Waals surface area contributed by atoms with Gasteiger partial charge in [0.15, 0.2) is 0 Å². The monoisotopic (exact) mass is 320 g/mol. The second-order valence-corrected chi connectivity index (χ2v) is 8.58. The molecule has 0 aromatic heterocycles. The molecule has 0 amide bonds. The summed E-state index contributed by atoms with van der Waals surface area (Å²) in [5.74, 6) is 0.196. The van der Waals surface area contributed by atoms with Crippen LogP contribution in [-0.2, 0) is 22.0 Å². The van der Waals surface area contributed by atoms with Crippen molar-refractivity contribution >= 4 is 5.97 Å². The van der Waals surface area contributed by atoms with E-state index >= 15 is 0 Å². The molecular formula is C20H32O3. The van der Waals surface area contributed by atoms with Crippen LogP contribution in [0.4, 0.5) is 0 Å². The minimum atomic E-state index is -0.762. The van der Waals surface area contributed by atoms with Gasteiger partial charge in [-0.2, -0.15) is 0 Å². The predicted molar refractivity (Wildman–Crippen MR) is 95.6 cm³/mol. The van der Waals surface area contributed by atoms with E-state index in [-0.39, 0.29) is 23.4 Å². The summed E-state index contributed by atoms with van der Waals surface area (Å²) in [6.07, 6.45) is 0.795. The summed E-state index contributed by atoms with van der Waals surface area (Å²) < 4.78 is 6.19. The molecule has 0 unspecified atom stereocenters. The van der Waals surface area contributed by atoms with Crippen LogP contribution in [0, 0.1) is 0 Å². The van der Waals surface area contributed by atoms with E-state index in [4.69, 9.17) is 9.84 Å². The van der Waals surface area contributed by atoms with Crippen LogP contribution in [0.5, 0.6) is 5.75 Å². The number of hydrogen-bond acceptors (Lipinski definition) is 2. The van der Waals surface area contributed by atoms with E-state index in [9.17, 15) is 4.79 Å². The standard InChI is InChI=1S/C20H32O3/c1-13(2)23-18-15(19(3,4)5)11-14(9-10-17(21)22)12-16(18)20(6,7)8/h11-13H,9-10H2,1-8H3,(H,21,22). The quantitative estimate of drug-likeness (QED) is 0.822. The highest BCUT2D eigenvalue weighted by Gasteiger charge is 2.28. The summed E-state index contributed by atoms with van der Waals surface area (Å²) in [6, 6.07) is 4.24. The molecule has 0 saturated carbocycles. The van der Waals surface area contributed by atoms with Crippen molar-refractivity contribution in [2.75, 3.05) is 0 Å². The van der Waals surface area contributed by atoms with Crippen LogP contribution >= 0.6 is 0 Å². The fourth-order valence-corrected chi connectivity index (χ4v) is 2.56. The largest absolute Gasteiger partial charge is 0.490 e. The highest BCUT2D eigenvalue weighted by atomic mass is 16.5. The zero-order chi connectivity index (χ0) is 18.0. The maximum absolute atomic E-state index is 10.9. The van der Waals surface area contributed by atoms with Crippen LogP contribution in [0.15, 0.2) is 12.1 Å². The Bertz CT molecular complexity index is 522. The van der Waals surface area contributed by atoms with Gasteiger partial charge in [-0.15, -0.1) is 0 Å². The maximum Gasteiger partial charge on any atom is 0.303 e. The third-order valence-electron chi connectivity index (χ3n) is 3.75. The first-order valence-corrected chi connectivity index (χ1v) is 8.38. The Balaban J connectivity index is 3.54. The lowest BCUT2D eigenvalue weighted by molar-refractivity contribution is -0.136. The number of carbonyl (C=O) groups is 1. The molecule has 1 aromatic rings. The number of ether oxygens (including phenoxy) is 1. The predicted octanol–water partition coefficient (Wildman–Crippen LogP) is 5.09. The highest BCUT2D eigenvalue weighted by Crippen LogP contribution is 2.41. The normalized spacial score (nSPS) is 12.6. The van der Waals surface area contributed by atoms with Crippen molar-refractivity contribution in [2.45, 2.75) is 85.2 Å². The fourth-order valence-electron chi connectivity index (χ4n) is 2.56. The molecule has 23 heavy (non-hydrogen) atoms. The molecule has 0 spiro atoms. The second kappa shape index (κ2) is 6.94. The van der Waals surface area contributed by atoms with Gasteiger partial charge in [-0.1, -0.05) is 53.7 Å². The zero-order valence-electron chi connectivity index (χ0n) is 15.9. The average molecular weight is 320 g/mol. The Labute approximate surface area is 141 Å². The summed E-state index contributed by atoms with van der Waals surface area (Å²) in [6.45, 7) is 17.1. The Hall–Kier alpha value is -1.51. The number of rotatable bonds is 5. The first-order valence-electron chi connectivity index (χ1n) is 8.38. The maximum atomic E-state index is 10.9. The van der Waals surface area contributed by atoms with E-state index in [2.05, 4.69) is 53.7 Å². The first kappa shape index (κ1) is 19.5. The molecule has 0 radical (unpaired) electrons. The molecule has 1 aromatic carbocycles. The third kappa shape index (κ3) is 5.56. The van der Waals surface area contributed by atoms with Gasteiger partial charge in [0, 0.05) is 17.5 Å². The SMILES string of the molecule is CC(C)Oc1c(C(C)(C)C)cc(CCC(=O)O)cc1C(C)(C)C. The van der Waals surface area contributed by atoms with Crippen molar-refractivity contribution in [1.82, 2.24) is 0 Å². The molecule has 0 fully saturated rings. The van der Waals surface area contributed by atoms with Crippen molar-refractivity contribution < 1.29 is 14.6 Å². The van der Waals surface area contributed by atoms with Gasteiger partial charge in [0.05, 0.1) is 6.10 Å². The van der Waals surface area contributed by atoms with Gasteiger partial charge < -0.3 is 9.84 Å². The molecule has 0 aliphatic carbocycles. The van der Waals surface area contributed by atoms with Crippen LogP contribution in [0.2, 0.25) is 0 Å². The van der Waals surface area contributed by atoms with Crippen LogP contribution in [0.1, 0.15) is 78.5 Å². The van der Waals surface area contributed by atoms with Gasteiger partial charge >= 0.3 is 5.97 Å². The topological polar surface area (TPSA) is 46.5 Å². The smallest absolute Gasteiger partial charge is 0.303 e. The van der Waals surface area contributed by atoms with Gasteiger partial charge in [0.1, 0.15) is 5.75 Å². The number of carboxylic acids is 1. The Kier molecular flexibility index (Phi) is 5.89. The molecule has 0 aliphatic rings. The van der Waals surface area contributed by atoms with Gasteiger partial charge in [-0.3, -0.25) is 4.79 Å². The van der Waals surface area contributed by atoms with E-state index in [0.717, 1.165) is 22.4 Å². The number of carboxylic acid groups (broad SMARTS) is 1. The van der Waals surface area contributed by atoms with E-state index in [1.807, 2.05) is 13.8 Å². The van der Waals surface area contributed by atoms with Crippen LogP contribution < -0.4 is 4.74 Å². The molecule has 130 valence electrons. The van der Waals surface area contributed by atoms with Crippen molar-refractivity contribution in [2.24, 2.45) is 0 Å². The molecular weight excluding hydrogens is 288 g/mol. The fraction of sp³-hybridized carbons (Fsp3) is 0.650. The summed E-state index contributed by atoms with van der Waals surface area (Å²) in [7, 11) is 0. The number of aliphatic carboxylic acids is 1. The first-order chi connectivity index (χ1) is 10.3. The van der Waals surface area contributed by atoms with Crippen LogP contribution in [0.25, 0.3) is 0 Å². The van der Waals surface area contributed by atoms with Gasteiger partial charge in [0.2, 0.25) is 0 Å². The van der Waals surface area contributed by atoms with Crippen LogP contribution in [0.3, 0.4) is 0 Å². The van der Waals surface area contributed by atoms with E-state index in [0.29, 0.717) is 6.42 Å². The average Bonchev–Trinajstić information content (AvgIpc) is 2.33. The molecule has 0 saturated heterocycles. The molecule has 0 atom stereocenters. The summed E-state index contributed by atoms with van der Waals surface area (Å²) >= 11 is 0. The lowest BCUT2D eigenvalue weighted by Crippen LogP contribution is -2.22. The number of benzene rings is 1. The minimum absolute atomic E-state index is 0.0660. The number of aryl methyl sites for hydroxylation is 1. The van der Waals surface area contributed by atoms with Gasteiger partial charge in [0.25, 0.3) is 0 Å². The molecule has 3 nitrogen and oxygen atoms in total. The molecule has 1 N–H and O–H groups in total. The van der Waals surface area contributed by atoms with E-state index in [1.165, 1.54) is 0 Å². The Morgan fingerprint density at radius 1 is 1.04 bits per heavy atom. The summed E-state index contributed by atoms with van der Waals surface area (Å²) in [5, 5.41) is 8.98. The van der Waals surface area contributed by atoms with Crippen molar-refractivity contribution in [1.29, 1.82) is 0 Å². The van der Waals surface area contributed by atoms with Crippen molar-refractivity contribution in [3.8, 4) is 5.75 Å².